The molecule has 1 N–H and O–H groups in total. The molecule has 140 valence electrons. The lowest BCUT2D eigenvalue weighted by atomic mass is 10.0. The number of ketones is 2. The van der Waals surface area contributed by atoms with E-state index in [2.05, 4.69) is 5.32 Å². The van der Waals surface area contributed by atoms with Crippen LogP contribution in [-0.4, -0.2) is 29.1 Å². The molecule has 1 aliphatic rings. The van der Waals surface area contributed by atoms with Crippen LogP contribution in [0.3, 0.4) is 0 Å². The Balaban J connectivity index is 2.00. The predicted molar refractivity (Wildman–Crippen MR) is 101 cm³/mol. The van der Waals surface area contributed by atoms with Crippen LogP contribution in [0.1, 0.15) is 62.8 Å². The largest absolute Gasteiger partial charge is 0.355 e. The molecule has 0 spiro atoms. The molecule has 1 fully saturated rings. The Kier molecular flexibility index (Phi) is 5.35. The van der Waals surface area contributed by atoms with E-state index in [0.29, 0.717) is 23.5 Å². The van der Waals surface area contributed by atoms with Crippen molar-refractivity contribution in [2.24, 2.45) is 5.92 Å². The van der Waals surface area contributed by atoms with Crippen molar-refractivity contribution in [2.45, 2.75) is 32.7 Å². The zero-order valence-electron chi connectivity index (χ0n) is 15.5. The van der Waals surface area contributed by atoms with E-state index >= 15 is 0 Å². The lowest BCUT2D eigenvalue weighted by Gasteiger charge is -2.12. The standard InChI is InChI=1S/C21H22N2O4/c1-13(24)16-5-3-4-15(8-16)11-23-12-17(19(25)9-14-6-7-14)10-18(21(23)27)20(26)22-2/h3-5,8,10,12,14H,6-7,9,11H2,1-2H3,(H,22,26). The molecule has 1 aliphatic carbocycles. The highest BCUT2D eigenvalue weighted by Gasteiger charge is 2.26. The van der Waals surface area contributed by atoms with E-state index in [1.807, 2.05) is 0 Å². The summed E-state index contributed by atoms with van der Waals surface area (Å²) in [6.45, 7) is 1.65. The molecule has 2 aromatic rings. The van der Waals surface area contributed by atoms with Crippen LogP contribution in [0.25, 0.3) is 0 Å². The number of aromatic nitrogens is 1. The third kappa shape index (κ3) is 4.39. The van der Waals surface area contributed by atoms with E-state index < -0.39 is 11.5 Å². The fourth-order valence-corrected chi connectivity index (χ4v) is 2.99. The van der Waals surface area contributed by atoms with Crippen LogP contribution < -0.4 is 10.9 Å². The molecule has 0 saturated heterocycles. The van der Waals surface area contributed by atoms with Gasteiger partial charge in [-0.05, 0) is 43.4 Å². The van der Waals surface area contributed by atoms with Gasteiger partial charge < -0.3 is 9.88 Å². The summed E-state index contributed by atoms with van der Waals surface area (Å²) in [5, 5.41) is 2.45. The van der Waals surface area contributed by atoms with Gasteiger partial charge in [0.25, 0.3) is 11.5 Å². The molecule has 1 heterocycles. The molecule has 0 atom stereocenters. The third-order valence-corrected chi connectivity index (χ3v) is 4.74. The van der Waals surface area contributed by atoms with Crippen LogP contribution in [0.5, 0.6) is 0 Å². The quantitative estimate of drug-likeness (QED) is 0.763. The molecule has 1 amide bonds. The number of pyridine rings is 1. The first kappa shape index (κ1) is 18.8. The number of nitrogens with one attached hydrogen (secondary N) is 1. The summed E-state index contributed by atoms with van der Waals surface area (Å²) < 4.78 is 1.37. The van der Waals surface area contributed by atoms with Gasteiger partial charge in [0.15, 0.2) is 11.6 Å². The van der Waals surface area contributed by atoms with Gasteiger partial charge in [-0.2, -0.15) is 0 Å². The minimum Gasteiger partial charge on any atom is -0.355 e. The molecule has 6 heteroatoms. The van der Waals surface area contributed by atoms with Crippen molar-refractivity contribution < 1.29 is 14.4 Å². The Morgan fingerprint density at radius 3 is 2.52 bits per heavy atom. The number of Topliss-reactive ketones (excluding diaryl/α,β-unsaturated/α-hetero) is 2. The zero-order chi connectivity index (χ0) is 19.6. The number of carbonyl (C=O) groups is 3. The Labute approximate surface area is 157 Å². The number of nitrogens with zero attached hydrogens (tertiary/aromatic N) is 1. The van der Waals surface area contributed by atoms with Gasteiger partial charge in [0.1, 0.15) is 5.56 Å². The van der Waals surface area contributed by atoms with Gasteiger partial charge in [-0.25, -0.2) is 0 Å². The molecular formula is C21H22N2O4. The molecular weight excluding hydrogens is 344 g/mol. The summed E-state index contributed by atoms with van der Waals surface area (Å²) in [6.07, 6.45) is 4.04. The second kappa shape index (κ2) is 7.70. The highest BCUT2D eigenvalue weighted by Crippen LogP contribution is 2.33. The van der Waals surface area contributed by atoms with Crippen molar-refractivity contribution in [1.29, 1.82) is 0 Å². The maximum absolute atomic E-state index is 12.7. The second-order valence-corrected chi connectivity index (χ2v) is 6.98. The summed E-state index contributed by atoms with van der Waals surface area (Å²) in [6, 6.07) is 8.36. The topological polar surface area (TPSA) is 85.2 Å². The van der Waals surface area contributed by atoms with Gasteiger partial charge >= 0.3 is 0 Å². The third-order valence-electron chi connectivity index (χ3n) is 4.74. The number of hydrogen-bond donors (Lipinski definition) is 1. The smallest absolute Gasteiger partial charge is 0.263 e. The number of amides is 1. The van der Waals surface area contributed by atoms with Crippen molar-refractivity contribution in [3.05, 3.63) is 69.1 Å². The van der Waals surface area contributed by atoms with E-state index in [-0.39, 0.29) is 23.7 Å². The fourth-order valence-electron chi connectivity index (χ4n) is 2.99. The van der Waals surface area contributed by atoms with Crippen LogP contribution in [0.2, 0.25) is 0 Å². The lowest BCUT2D eigenvalue weighted by Crippen LogP contribution is -2.32. The molecule has 1 saturated carbocycles. The average Bonchev–Trinajstić information content (AvgIpc) is 3.46. The number of rotatable bonds is 7. The van der Waals surface area contributed by atoms with E-state index in [0.717, 1.165) is 18.4 Å². The Hall–Kier alpha value is -3.02. The van der Waals surface area contributed by atoms with Gasteiger partial charge in [0.05, 0.1) is 6.54 Å². The Morgan fingerprint density at radius 1 is 1.15 bits per heavy atom. The summed E-state index contributed by atoms with van der Waals surface area (Å²) >= 11 is 0. The molecule has 3 rings (SSSR count). The predicted octanol–water partition coefficient (Wildman–Crippen LogP) is 2.44. The fraction of sp³-hybridized carbons (Fsp3) is 0.333. The second-order valence-electron chi connectivity index (χ2n) is 6.98. The van der Waals surface area contributed by atoms with E-state index in [9.17, 15) is 19.2 Å². The van der Waals surface area contributed by atoms with Crippen molar-refractivity contribution >= 4 is 17.5 Å². The first-order valence-electron chi connectivity index (χ1n) is 8.98. The summed E-state index contributed by atoms with van der Waals surface area (Å²) in [7, 11) is 1.45. The number of carbonyl (C=O) groups excluding carboxylic acids is 3. The molecule has 0 radical (unpaired) electrons. The SMILES string of the molecule is CNC(=O)c1cc(C(=O)CC2CC2)cn(Cc2cccc(C(C)=O)c2)c1=O. The van der Waals surface area contributed by atoms with E-state index in [1.54, 1.807) is 24.3 Å². The van der Waals surface area contributed by atoms with E-state index in [1.165, 1.54) is 30.8 Å². The van der Waals surface area contributed by atoms with Crippen LogP contribution in [0.4, 0.5) is 0 Å². The molecule has 1 aromatic carbocycles. The van der Waals surface area contributed by atoms with Gasteiger partial charge in [0.2, 0.25) is 0 Å². The maximum atomic E-state index is 12.7. The Morgan fingerprint density at radius 2 is 1.89 bits per heavy atom. The summed E-state index contributed by atoms with van der Waals surface area (Å²) in [5.41, 5.74) is 1.14. The normalized spacial score (nSPS) is 13.3. The minimum absolute atomic E-state index is 0.0538. The zero-order valence-corrected chi connectivity index (χ0v) is 15.5. The first-order chi connectivity index (χ1) is 12.9. The monoisotopic (exact) mass is 366 g/mol. The highest BCUT2D eigenvalue weighted by molar-refractivity contribution is 6.00. The molecule has 27 heavy (non-hydrogen) atoms. The number of hydrogen-bond acceptors (Lipinski definition) is 4. The average molecular weight is 366 g/mol. The van der Waals surface area contributed by atoms with Crippen molar-refractivity contribution in [1.82, 2.24) is 9.88 Å². The van der Waals surface area contributed by atoms with E-state index in [4.69, 9.17) is 0 Å². The Bertz CT molecular complexity index is 970. The van der Waals surface area contributed by atoms with Crippen molar-refractivity contribution in [3.8, 4) is 0 Å². The first-order valence-corrected chi connectivity index (χ1v) is 8.98. The maximum Gasteiger partial charge on any atom is 0.263 e. The van der Waals surface area contributed by atoms with Crippen LogP contribution in [-0.2, 0) is 6.54 Å². The van der Waals surface area contributed by atoms with Crippen LogP contribution in [0.15, 0.2) is 41.3 Å². The van der Waals surface area contributed by atoms with Crippen LogP contribution in [0, 0.1) is 5.92 Å². The van der Waals surface area contributed by atoms with Crippen molar-refractivity contribution in [2.75, 3.05) is 7.05 Å². The molecule has 6 nitrogen and oxygen atoms in total. The molecule has 0 unspecified atom stereocenters. The van der Waals surface area contributed by atoms with Crippen molar-refractivity contribution in [3.63, 3.8) is 0 Å². The van der Waals surface area contributed by atoms with Crippen LogP contribution >= 0.6 is 0 Å². The van der Waals surface area contributed by atoms with Gasteiger partial charge in [-0.1, -0.05) is 18.2 Å². The van der Waals surface area contributed by atoms with Gasteiger partial charge in [-0.3, -0.25) is 19.2 Å². The summed E-state index contributed by atoms with van der Waals surface area (Å²) in [5.74, 6) is -0.238. The highest BCUT2D eigenvalue weighted by atomic mass is 16.2. The molecule has 1 aromatic heterocycles. The molecule has 0 bridgehead atoms. The van der Waals surface area contributed by atoms with Gasteiger partial charge in [-0.15, -0.1) is 0 Å². The minimum atomic E-state index is -0.521. The number of benzene rings is 1. The molecule has 0 aliphatic heterocycles. The summed E-state index contributed by atoms with van der Waals surface area (Å²) in [4.78, 5) is 48.9. The lowest BCUT2D eigenvalue weighted by molar-refractivity contribution is 0.0959. The van der Waals surface area contributed by atoms with Gasteiger partial charge in [0, 0.05) is 30.8 Å².